The van der Waals surface area contributed by atoms with Gasteiger partial charge in [0.15, 0.2) is 6.61 Å². The highest BCUT2D eigenvalue weighted by Gasteiger charge is 2.22. The van der Waals surface area contributed by atoms with Crippen LogP contribution in [0, 0.1) is 0 Å². The average Bonchev–Trinajstić information content (AvgIpc) is 3.33. The molecule has 1 aromatic heterocycles. The van der Waals surface area contributed by atoms with Crippen LogP contribution < -0.4 is 0 Å². The molecule has 1 aromatic carbocycles. The summed E-state index contributed by atoms with van der Waals surface area (Å²) >= 11 is 11.8. The lowest BCUT2D eigenvalue weighted by atomic mass is 10.2. The van der Waals surface area contributed by atoms with Gasteiger partial charge in [-0.1, -0.05) is 29.3 Å². The molecule has 3 rings (SSSR count). The second kappa shape index (κ2) is 7.93. The van der Waals surface area contributed by atoms with Crippen molar-refractivity contribution >= 4 is 40.9 Å². The first-order chi connectivity index (χ1) is 12.5. The number of carbonyl (C=O) groups excluding carboxylic acids is 3. The molecule has 0 radical (unpaired) electrons. The van der Waals surface area contributed by atoms with E-state index in [9.17, 15) is 14.4 Å². The molecule has 1 amide bonds. The first-order valence-corrected chi connectivity index (χ1v) is 8.85. The van der Waals surface area contributed by atoms with Crippen molar-refractivity contribution in [3.63, 3.8) is 0 Å². The van der Waals surface area contributed by atoms with Crippen molar-refractivity contribution in [1.82, 2.24) is 9.88 Å². The molecule has 136 valence electrons. The number of nitrogens with one attached hydrogen (secondary N) is 1. The number of rotatable bonds is 5. The minimum absolute atomic E-state index is 0.0757. The largest absolute Gasteiger partial charge is 0.454 e. The molecule has 1 saturated heterocycles. The average molecular weight is 395 g/mol. The number of nitrogens with zero attached hydrogens (tertiary/aromatic N) is 1. The number of H-pyrrole nitrogens is 1. The molecule has 1 N–H and O–H groups in total. The van der Waals surface area contributed by atoms with Gasteiger partial charge < -0.3 is 14.6 Å². The lowest BCUT2D eigenvalue weighted by molar-refractivity contribution is 0.0475. The van der Waals surface area contributed by atoms with Crippen LogP contribution in [0.25, 0.3) is 0 Å². The number of halogens is 2. The zero-order valence-corrected chi connectivity index (χ0v) is 15.3. The zero-order valence-electron chi connectivity index (χ0n) is 13.8. The van der Waals surface area contributed by atoms with E-state index < -0.39 is 18.4 Å². The van der Waals surface area contributed by atoms with Crippen molar-refractivity contribution in [1.29, 1.82) is 0 Å². The van der Waals surface area contributed by atoms with Gasteiger partial charge in [0.05, 0.1) is 15.6 Å². The van der Waals surface area contributed by atoms with Crippen LogP contribution in [-0.2, 0) is 4.74 Å². The van der Waals surface area contributed by atoms with E-state index in [1.807, 2.05) is 0 Å². The molecule has 6 nitrogen and oxygen atoms in total. The fourth-order valence-corrected chi connectivity index (χ4v) is 3.10. The van der Waals surface area contributed by atoms with Crippen LogP contribution in [0.1, 0.15) is 44.0 Å². The number of likely N-dealkylation sites (tertiary alicyclic amines) is 1. The Balaban J connectivity index is 1.61. The Kier molecular flexibility index (Phi) is 5.64. The summed E-state index contributed by atoms with van der Waals surface area (Å²) in [7, 11) is 0. The van der Waals surface area contributed by atoms with Crippen LogP contribution in [0.4, 0.5) is 0 Å². The van der Waals surface area contributed by atoms with Crippen molar-refractivity contribution in [3.05, 3.63) is 57.3 Å². The second-order valence-electron chi connectivity index (χ2n) is 5.90. The molecule has 0 atom stereocenters. The third kappa shape index (κ3) is 3.92. The van der Waals surface area contributed by atoms with Gasteiger partial charge in [-0.2, -0.15) is 0 Å². The van der Waals surface area contributed by atoms with Crippen LogP contribution >= 0.6 is 23.2 Å². The maximum Gasteiger partial charge on any atom is 0.340 e. The van der Waals surface area contributed by atoms with Gasteiger partial charge in [-0.25, -0.2) is 4.79 Å². The maximum absolute atomic E-state index is 12.3. The zero-order chi connectivity index (χ0) is 18.7. The monoisotopic (exact) mass is 394 g/mol. The number of carbonyl (C=O) groups is 3. The predicted octanol–water partition coefficient (Wildman–Crippen LogP) is 3.60. The number of ether oxygens (including phenoxy) is 1. The molecule has 2 heterocycles. The Hall–Kier alpha value is -2.31. The minimum atomic E-state index is -0.741. The Labute approximate surface area is 160 Å². The highest BCUT2D eigenvalue weighted by atomic mass is 35.5. The van der Waals surface area contributed by atoms with Crippen molar-refractivity contribution in [2.75, 3.05) is 19.7 Å². The summed E-state index contributed by atoms with van der Waals surface area (Å²) in [6, 6.07) is 6.05. The Morgan fingerprint density at radius 3 is 2.62 bits per heavy atom. The fraction of sp³-hybridized carbons (Fsp3) is 0.278. The van der Waals surface area contributed by atoms with E-state index in [1.165, 1.54) is 18.3 Å². The first-order valence-electron chi connectivity index (χ1n) is 8.09. The molecule has 1 aliphatic heterocycles. The first kappa shape index (κ1) is 18.5. The summed E-state index contributed by atoms with van der Waals surface area (Å²) in [6.45, 7) is 0.981. The van der Waals surface area contributed by atoms with Gasteiger partial charge in [0.25, 0.3) is 5.91 Å². The lowest BCUT2D eigenvalue weighted by Gasteiger charge is -2.13. The van der Waals surface area contributed by atoms with Crippen LogP contribution in [0.2, 0.25) is 10.0 Å². The molecule has 2 aromatic rings. The molecule has 1 aliphatic rings. The number of aromatic nitrogens is 1. The Morgan fingerprint density at radius 2 is 1.88 bits per heavy atom. The number of esters is 1. The van der Waals surface area contributed by atoms with Crippen LogP contribution in [0.5, 0.6) is 0 Å². The van der Waals surface area contributed by atoms with Crippen molar-refractivity contribution in [2.24, 2.45) is 0 Å². The quantitative estimate of drug-likeness (QED) is 0.620. The predicted molar refractivity (Wildman–Crippen MR) is 97.0 cm³/mol. The molecule has 26 heavy (non-hydrogen) atoms. The number of hydrogen-bond donors (Lipinski definition) is 1. The maximum atomic E-state index is 12.3. The molecular weight excluding hydrogens is 379 g/mol. The van der Waals surface area contributed by atoms with Crippen molar-refractivity contribution in [2.45, 2.75) is 12.8 Å². The Bertz CT molecular complexity index is 857. The van der Waals surface area contributed by atoms with Gasteiger partial charge in [0.1, 0.15) is 5.69 Å². The van der Waals surface area contributed by atoms with E-state index in [-0.39, 0.29) is 27.1 Å². The SMILES string of the molecule is O=C(COC(=O)c1cccc(Cl)c1Cl)c1c[nH]c(C(=O)N2CCCC2)c1. The summed E-state index contributed by atoms with van der Waals surface area (Å²) in [5.74, 6) is -1.30. The Morgan fingerprint density at radius 1 is 1.15 bits per heavy atom. The molecule has 1 fully saturated rings. The normalized spacial score (nSPS) is 13.7. The van der Waals surface area contributed by atoms with Gasteiger partial charge in [0.2, 0.25) is 5.78 Å². The van der Waals surface area contributed by atoms with E-state index in [4.69, 9.17) is 27.9 Å². The number of amides is 1. The van der Waals surface area contributed by atoms with Crippen molar-refractivity contribution < 1.29 is 19.1 Å². The molecule has 0 saturated carbocycles. The van der Waals surface area contributed by atoms with Crippen LogP contribution in [0.3, 0.4) is 0 Å². The topological polar surface area (TPSA) is 79.5 Å². The van der Waals surface area contributed by atoms with E-state index in [0.717, 1.165) is 25.9 Å². The highest BCUT2D eigenvalue weighted by Crippen LogP contribution is 2.26. The summed E-state index contributed by atoms with van der Waals surface area (Å²) in [6.07, 6.45) is 3.41. The summed E-state index contributed by atoms with van der Waals surface area (Å²) in [5.41, 5.74) is 0.711. The third-order valence-electron chi connectivity index (χ3n) is 4.13. The number of hydrogen-bond acceptors (Lipinski definition) is 4. The molecule has 0 bridgehead atoms. The lowest BCUT2D eigenvalue weighted by Crippen LogP contribution is -2.27. The molecule has 8 heteroatoms. The number of Topliss-reactive ketones (excluding diaryl/α,β-unsaturated/α-hetero) is 1. The second-order valence-corrected chi connectivity index (χ2v) is 6.69. The number of benzene rings is 1. The van der Waals surface area contributed by atoms with E-state index in [1.54, 1.807) is 17.0 Å². The van der Waals surface area contributed by atoms with Crippen LogP contribution in [0.15, 0.2) is 30.5 Å². The van der Waals surface area contributed by atoms with Crippen LogP contribution in [-0.4, -0.2) is 47.2 Å². The van der Waals surface area contributed by atoms with E-state index in [0.29, 0.717) is 5.69 Å². The van der Waals surface area contributed by atoms with E-state index in [2.05, 4.69) is 4.98 Å². The summed E-state index contributed by atoms with van der Waals surface area (Å²) in [4.78, 5) is 41.1. The van der Waals surface area contributed by atoms with E-state index >= 15 is 0 Å². The van der Waals surface area contributed by atoms with Gasteiger partial charge in [0, 0.05) is 24.8 Å². The fourth-order valence-electron chi connectivity index (χ4n) is 2.72. The van der Waals surface area contributed by atoms with Gasteiger partial charge in [-0.05, 0) is 31.0 Å². The minimum Gasteiger partial charge on any atom is -0.454 e. The highest BCUT2D eigenvalue weighted by molar-refractivity contribution is 6.43. The number of aromatic amines is 1. The summed E-state index contributed by atoms with van der Waals surface area (Å²) < 4.78 is 5.01. The van der Waals surface area contributed by atoms with Gasteiger partial charge in [-0.3, -0.25) is 9.59 Å². The standard InChI is InChI=1S/C18H16Cl2N2O4/c19-13-5-3-4-12(16(13)20)18(25)26-10-15(23)11-8-14(21-9-11)17(24)22-6-1-2-7-22/h3-5,8-9,21H,1-2,6-7,10H2. The molecule has 0 aliphatic carbocycles. The van der Waals surface area contributed by atoms with Gasteiger partial charge >= 0.3 is 5.97 Å². The number of ketones is 1. The molecular formula is C18H16Cl2N2O4. The molecule has 0 unspecified atom stereocenters. The van der Waals surface area contributed by atoms with Crippen molar-refractivity contribution in [3.8, 4) is 0 Å². The smallest absolute Gasteiger partial charge is 0.340 e. The summed E-state index contributed by atoms with van der Waals surface area (Å²) in [5, 5.41) is 0.301. The van der Waals surface area contributed by atoms with Gasteiger partial charge in [-0.15, -0.1) is 0 Å². The molecule has 0 spiro atoms. The third-order valence-corrected chi connectivity index (χ3v) is 4.95.